The number of carbonyl (C=O) groups is 1. The molecule has 0 spiro atoms. The van der Waals surface area contributed by atoms with Gasteiger partial charge in [-0.3, -0.25) is 4.79 Å². The fraction of sp³-hybridized carbons (Fsp3) is 0.632. The summed E-state index contributed by atoms with van der Waals surface area (Å²) >= 11 is 0. The van der Waals surface area contributed by atoms with Gasteiger partial charge in [0.15, 0.2) is 5.79 Å². The van der Waals surface area contributed by atoms with Gasteiger partial charge in [0.1, 0.15) is 0 Å². The van der Waals surface area contributed by atoms with Crippen LogP contribution in [0.25, 0.3) is 0 Å². The van der Waals surface area contributed by atoms with Gasteiger partial charge in [0, 0.05) is 31.6 Å². The van der Waals surface area contributed by atoms with Crippen molar-refractivity contribution in [3.8, 4) is 0 Å². The minimum atomic E-state index is -6.86. The van der Waals surface area contributed by atoms with E-state index in [-0.39, 0.29) is 44.7 Å². The van der Waals surface area contributed by atoms with Crippen molar-refractivity contribution in [2.75, 3.05) is 32.8 Å². The predicted molar refractivity (Wildman–Crippen MR) is 111 cm³/mol. The van der Waals surface area contributed by atoms with Crippen LogP contribution < -0.4 is 0 Å². The molecule has 0 N–H and O–H groups in total. The van der Waals surface area contributed by atoms with E-state index in [2.05, 4.69) is 0 Å². The molecule has 0 aliphatic carbocycles. The molecule has 1 aromatic rings. The number of nitrogens with zero attached hydrogens (tertiary/aromatic N) is 2. The molecule has 2 heterocycles. The van der Waals surface area contributed by atoms with Crippen LogP contribution in [0.4, 0.5) is 22.0 Å². The Morgan fingerprint density at radius 3 is 1.97 bits per heavy atom. The number of halogens is 5. The van der Waals surface area contributed by atoms with Crippen molar-refractivity contribution in [2.45, 2.75) is 42.2 Å². The lowest BCUT2D eigenvalue weighted by molar-refractivity contribution is -0.170. The molecule has 1 amide bonds. The van der Waals surface area contributed by atoms with Crippen LogP contribution in [0.1, 0.15) is 31.2 Å². The molecule has 3 rings (SSSR count). The summed E-state index contributed by atoms with van der Waals surface area (Å²) in [6.45, 7) is -2.25. The van der Waals surface area contributed by atoms with Crippen molar-refractivity contribution >= 4 is 26.0 Å². The van der Waals surface area contributed by atoms with Gasteiger partial charge in [-0.15, -0.1) is 0 Å². The second kappa shape index (κ2) is 9.88. The van der Waals surface area contributed by atoms with E-state index in [0.29, 0.717) is 11.3 Å². The van der Waals surface area contributed by atoms with Crippen molar-refractivity contribution in [1.29, 1.82) is 0 Å². The van der Waals surface area contributed by atoms with Gasteiger partial charge in [0.25, 0.3) is 0 Å². The van der Waals surface area contributed by atoms with E-state index in [1.807, 2.05) is 0 Å². The van der Waals surface area contributed by atoms with E-state index in [0.717, 1.165) is 0 Å². The van der Waals surface area contributed by atoms with Gasteiger partial charge in [0.2, 0.25) is 0 Å². The number of benzene rings is 1. The van der Waals surface area contributed by atoms with Gasteiger partial charge in [-0.2, -0.15) is 22.0 Å². The molecule has 0 atom stereocenters. The summed E-state index contributed by atoms with van der Waals surface area (Å²) in [4.78, 5) is 12.8. The first-order chi connectivity index (χ1) is 16.2. The molecule has 9 nitrogen and oxygen atoms in total. The van der Waals surface area contributed by atoms with Crippen LogP contribution in [0.2, 0.25) is 0 Å². The molecule has 2 aliphatic rings. The maximum Gasteiger partial charge on any atom is 0.512 e. The Hall–Kier alpha value is -1.88. The third-order valence-electron chi connectivity index (χ3n) is 5.64. The van der Waals surface area contributed by atoms with Crippen molar-refractivity contribution in [1.82, 2.24) is 8.61 Å². The van der Waals surface area contributed by atoms with Crippen molar-refractivity contribution in [3.05, 3.63) is 35.9 Å². The molecule has 35 heavy (non-hydrogen) atoms. The second-order valence-corrected chi connectivity index (χ2v) is 11.9. The fourth-order valence-corrected chi connectivity index (χ4v) is 6.91. The summed E-state index contributed by atoms with van der Waals surface area (Å²) in [6.07, 6.45) is 0.249. The Morgan fingerprint density at radius 2 is 1.46 bits per heavy atom. The number of hydrogen-bond donors (Lipinski definition) is 0. The number of sulfonamides is 2. The lowest BCUT2D eigenvalue weighted by Crippen LogP contribution is -2.57. The Morgan fingerprint density at radius 1 is 0.914 bits per heavy atom. The fourth-order valence-electron chi connectivity index (χ4n) is 3.84. The quantitative estimate of drug-likeness (QED) is 0.457. The second-order valence-electron chi connectivity index (χ2n) is 7.89. The number of alkyl halides is 5. The Balaban J connectivity index is 2.00. The normalized spacial score (nSPS) is 19.8. The molecule has 0 bridgehead atoms. The number of hydrogen-bond acceptors (Lipinski definition) is 7. The maximum atomic E-state index is 15.0. The maximum absolute atomic E-state index is 15.0. The average Bonchev–Trinajstić information content (AvgIpc) is 3.29. The Kier molecular flexibility index (Phi) is 7.82. The van der Waals surface area contributed by atoms with Crippen LogP contribution in [0.3, 0.4) is 0 Å². The topological polar surface area (TPSA) is 110 Å². The molecule has 0 unspecified atom stereocenters. The van der Waals surface area contributed by atoms with Gasteiger partial charge >= 0.3 is 36.7 Å². The predicted octanol–water partition coefficient (Wildman–Crippen LogP) is 2.36. The lowest BCUT2D eigenvalue weighted by atomic mass is 10.0. The van der Waals surface area contributed by atoms with Gasteiger partial charge < -0.3 is 14.4 Å². The molecule has 1 aromatic carbocycles. The van der Waals surface area contributed by atoms with Crippen LogP contribution in [0, 0.1) is 0 Å². The zero-order valence-corrected chi connectivity index (χ0v) is 19.8. The van der Waals surface area contributed by atoms with Crippen LogP contribution in [-0.2, 0) is 40.1 Å². The highest BCUT2D eigenvalue weighted by molar-refractivity contribution is 8.05. The molecule has 2 fully saturated rings. The lowest BCUT2D eigenvalue weighted by Gasteiger charge is -2.34. The van der Waals surface area contributed by atoms with Crippen molar-refractivity contribution in [3.63, 3.8) is 0 Å². The Labute approximate surface area is 198 Å². The van der Waals surface area contributed by atoms with Crippen LogP contribution in [0.15, 0.2) is 30.3 Å². The zero-order chi connectivity index (χ0) is 26.1. The first-order valence-corrected chi connectivity index (χ1v) is 13.4. The average molecular weight is 551 g/mol. The number of ether oxygens (including phenoxy) is 2. The van der Waals surface area contributed by atoms with E-state index in [1.165, 1.54) is 24.3 Å². The van der Waals surface area contributed by atoms with Crippen LogP contribution >= 0.6 is 0 Å². The monoisotopic (exact) mass is 550 g/mol. The van der Waals surface area contributed by atoms with Gasteiger partial charge in [-0.1, -0.05) is 34.0 Å². The summed E-state index contributed by atoms with van der Waals surface area (Å²) in [5.74, 6) is -4.17. The highest BCUT2D eigenvalue weighted by Crippen LogP contribution is 2.40. The largest absolute Gasteiger partial charge is 0.512 e. The van der Waals surface area contributed by atoms with Gasteiger partial charge in [0.05, 0.1) is 13.2 Å². The molecule has 16 heteroatoms. The summed E-state index contributed by atoms with van der Waals surface area (Å²) in [7, 11) is -13.6. The number of rotatable bonds is 8. The summed E-state index contributed by atoms with van der Waals surface area (Å²) in [5, 5.41) is -5.47. The third-order valence-corrected chi connectivity index (χ3v) is 9.66. The summed E-state index contributed by atoms with van der Waals surface area (Å²) in [5.41, 5.74) is -6.04. The van der Waals surface area contributed by atoms with E-state index >= 15 is 0 Å². The van der Waals surface area contributed by atoms with Gasteiger partial charge in [-0.05, 0) is 19.3 Å². The van der Waals surface area contributed by atoms with E-state index in [1.54, 1.807) is 6.07 Å². The minimum Gasteiger partial charge on any atom is -0.343 e. The standard InChI is InChI=1S/C19H23F5N2O7S2/c20-18(21,16(27)25-10-5-2-6-11-25)34(28,29)26(35(30,31)19(22,23)24)12-9-17(32-13-14-33-17)15-7-3-1-4-8-15/h1,3-4,7-8H,2,5-6,9-14H2. The first-order valence-electron chi connectivity index (χ1n) is 10.5. The minimum absolute atomic E-state index is 0.0722. The van der Waals surface area contributed by atoms with Crippen LogP contribution in [-0.4, -0.2) is 75.0 Å². The van der Waals surface area contributed by atoms with E-state index in [9.17, 15) is 43.6 Å². The molecule has 198 valence electrons. The molecule has 0 saturated carbocycles. The highest BCUT2D eigenvalue weighted by Gasteiger charge is 2.64. The molecular formula is C19H23F5N2O7S2. The highest BCUT2D eigenvalue weighted by atomic mass is 32.3. The number of likely N-dealkylation sites (tertiary alicyclic amines) is 1. The third kappa shape index (κ3) is 5.16. The number of amides is 1. The summed E-state index contributed by atoms with van der Waals surface area (Å²) < 4.78 is 129. The zero-order valence-electron chi connectivity index (χ0n) is 18.2. The number of carbonyl (C=O) groups excluding carboxylic acids is 1. The molecule has 0 aromatic heterocycles. The molecular weight excluding hydrogens is 527 g/mol. The molecule has 2 saturated heterocycles. The summed E-state index contributed by atoms with van der Waals surface area (Å²) in [6, 6.07) is 7.46. The van der Waals surface area contributed by atoms with E-state index < -0.39 is 59.2 Å². The van der Waals surface area contributed by atoms with Crippen molar-refractivity contribution in [2.24, 2.45) is 0 Å². The molecule has 0 radical (unpaired) electrons. The molecule has 2 aliphatic heterocycles. The first kappa shape index (κ1) is 27.7. The van der Waals surface area contributed by atoms with Gasteiger partial charge in [-0.25, -0.2) is 16.8 Å². The van der Waals surface area contributed by atoms with E-state index in [4.69, 9.17) is 9.47 Å². The number of piperidine rings is 1. The van der Waals surface area contributed by atoms with Crippen molar-refractivity contribution < 1.29 is 53.1 Å². The Bertz CT molecular complexity index is 1120. The smallest absolute Gasteiger partial charge is 0.343 e. The SMILES string of the molecule is O=C(N1CCCCC1)C(F)(F)S(=O)(=O)N(CCC1(c2ccccc2)OCCO1)S(=O)(=O)C(F)(F)F. The van der Waals surface area contributed by atoms with Crippen LogP contribution in [0.5, 0.6) is 0 Å².